The number of aryl methyl sites for hydroxylation is 1. The predicted molar refractivity (Wildman–Crippen MR) is 97.5 cm³/mol. The third-order valence-corrected chi connectivity index (χ3v) is 4.27. The molecule has 3 aromatic rings. The summed E-state index contributed by atoms with van der Waals surface area (Å²) in [5, 5.41) is 4.17. The first kappa shape index (κ1) is 17.4. The van der Waals surface area contributed by atoms with Gasteiger partial charge in [0.2, 0.25) is 0 Å². The van der Waals surface area contributed by atoms with E-state index in [2.05, 4.69) is 28.0 Å². The highest BCUT2D eigenvalue weighted by Gasteiger charge is 2.13. The standard InChI is InChI=1S/C19H19ClFN3O/c1-2-10-24-12-13(15-4-3-8-22-18(15)24)7-9-23-19(25)16-11-14(20)5-6-17(16)21/h3-6,8,11-12H,2,7,9-10H2,1H3,(H,23,25). The summed E-state index contributed by atoms with van der Waals surface area (Å²) >= 11 is 5.83. The lowest BCUT2D eigenvalue weighted by molar-refractivity contribution is 0.0950. The van der Waals surface area contributed by atoms with Crippen molar-refractivity contribution in [3.05, 3.63) is 64.7 Å². The van der Waals surface area contributed by atoms with Crippen LogP contribution in [0.25, 0.3) is 11.0 Å². The Morgan fingerprint density at radius 2 is 2.20 bits per heavy atom. The van der Waals surface area contributed by atoms with Crippen LogP contribution in [-0.4, -0.2) is 22.0 Å². The highest BCUT2D eigenvalue weighted by atomic mass is 35.5. The molecule has 0 fully saturated rings. The van der Waals surface area contributed by atoms with E-state index in [1.54, 1.807) is 6.20 Å². The quantitative estimate of drug-likeness (QED) is 0.716. The highest BCUT2D eigenvalue weighted by molar-refractivity contribution is 6.31. The highest BCUT2D eigenvalue weighted by Crippen LogP contribution is 2.20. The third-order valence-electron chi connectivity index (χ3n) is 4.03. The van der Waals surface area contributed by atoms with Crippen LogP contribution in [0, 0.1) is 5.82 Å². The lowest BCUT2D eigenvalue weighted by Gasteiger charge is -2.06. The van der Waals surface area contributed by atoms with Crippen LogP contribution in [0.3, 0.4) is 0 Å². The molecule has 130 valence electrons. The summed E-state index contributed by atoms with van der Waals surface area (Å²) in [5.41, 5.74) is 2.03. The predicted octanol–water partition coefficient (Wildman–Crippen LogP) is 4.21. The van der Waals surface area contributed by atoms with Gasteiger partial charge in [-0.05, 0) is 48.7 Å². The van der Waals surface area contributed by atoms with E-state index < -0.39 is 11.7 Å². The molecule has 3 rings (SSSR count). The maximum absolute atomic E-state index is 13.7. The maximum atomic E-state index is 13.7. The van der Waals surface area contributed by atoms with Gasteiger partial charge < -0.3 is 9.88 Å². The molecule has 0 aliphatic carbocycles. The molecule has 1 aromatic carbocycles. The van der Waals surface area contributed by atoms with Crippen molar-refractivity contribution in [2.75, 3.05) is 6.54 Å². The number of hydrogen-bond donors (Lipinski definition) is 1. The fourth-order valence-electron chi connectivity index (χ4n) is 2.88. The van der Waals surface area contributed by atoms with Gasteiger partial charge in [-0.15, -0.1) is 0 Å². The zero-order chi connectivity index (χ0) is 17.8. The van der Waals surface area contributed by atoms with Crippen LogP contribution in [0.15, 0.2) is 42.7 Å². The van der Waals surface area contributed by atoms with E-state index in [-0.39, 0.29) is 5.56 Å². The Hall–Kier alpha value is -2.40. The number of fused-ring (bicyclic) bond motifs is 1. The Labute approximate surface area is 150 Å². The molecule has 2 heterocycles. The monoisotopic (exact) mass is 359 g/mol. The van der Waals surface area contributed by atoms with Gasteiger partial charge in [0.25, 0.3) is 5.91 Å². The number of benzene rings is 1. The normalized spacial score (nSPS) is 11.0. The topological polar surface area (TPSA) is 46.9 Å². The molecule has 6 heteroatoms. The molecule has 0 aliphatic heterocycles. The van der Waals surface area contributed by atoms with E-state index >= 15 is 0 Å². The van der Waals surface area contributed by atoms with Crippen molar-refractivity contribution in [3.63, 3.8) is 0 Å². The van der Waals surface area contributed by atoms with Crippen molar-refractivity contribution >= 4 is 28.5 Å². The van der Waals surface area contributed by atoms with Gasteiger partial charge in [0.15, 0.2) is 0 Å². The van der Waals surface area contributed by atoms with Gasteiger partial charge in [0.1, 0.15) is 11.5 Å². The number of hydrogen-bond acceptors (Lipinski definition) is 2. The molecule has 1 N–H and O–H groups in total. The summed E-state index contributed by atoms with van der Waals surface area (Å²) < 4.78 is 15.9. The van der Waals surface area contributed by atoms with Crippen LogP contribution in [0.2, 0.25) is 5.02 Å². The average Bonchev–Trinajstić information content (AvgIpc) is 2.95. The van der Waals surface area contributed by atoms with E-state index in [1.165, 1.54) is 18.2 Å². The van der Waals surface area contributed by atoms with E-state index in [0.717, 1.165) is 29.6 Å². The number of nitrogens with one attached hydrogen (secondary N) is 1. The lowest BCUT2D eigenvalue weighted by Crippen LogP contribution is -2.26. The second kappa shape index (κ2) is 7.66. The van der Waals surface area contributed by atoms with Crippen LogP contribution in [0.4, 0.5) is 4.39 Å². The van der Waals surface area contributed by atoms with E-state index in [0.29, 0.717) is 18.0 Å². The molecule has 0 saturated heterocycles. The molecule has 0 bridgehead atoms. The number of aromatic nitrogens is 2. The summed E-state index contributed by atoms with van der Waals surface area (Å²) in [4.78, 5) is 16.6. The molecule has 0 radical (unpaired) electrons. The summed E-state index contributed by atoms with van der Waals surface area (Å²) in [5.74, 6) is -1.04. The number of amides is 1. The van der Waals surface area contributed by atoms with Gasteiger partial charge in [-0.3, -0.25) is 4.79 Å². The minimum Gasteiger partial charge on any atom is -0.352 e. The van der Waals surface area contributed by atoms with Crippen LogP contribution in [-0.2, 0) is 13.0 Å². The van der Waals surface area contributed by atoms with Crippen molar-refractivity contribution in [1.82, 2.24) is 14.9 Å². The van der Waals surface area contributed by atoms with Gasteiger partial charge in [0, 0.05) is 35.9 Å². The maximum Gasteiger partial charge on any atom is 0.254 e. The lowest BCUT2D eigenvalue weighted by atomic mass is 10.1. The van der Waals surface area contributed by atoms with E-state index in [9.17, 15) is 9.18 Å². The summed E-state index contributed by atoms with van der Waals surface area (Å²) in [6.45, 7) is 3.42. The smallest absolute Gasteiger partial charge is 0.254 e. The molecule has 4 nitrogen and oxygen atoms in total. The number of rotatable bonds is 6. The van der Waals surface area contributed by atoms with Gasteiger partial charge in [0.05, 0.1) is 5.56 Å². The molecule has 1 amide bonds. The average molecular weight is 360 g/mol. The fraction of sp³-hybridized carbons (Fsp3) is 0.263. The van der Waals surface area contributed by atoms with Crippen molar-refractivity contribution in [2.45, 2.75) is 26.3 Å². The molecule has 0 spiro atoms. The second-order valence-corrected chi connectivity index (χ2v) is 6.29. The molecule has 25 heavy (non-hydrogen) atoms. The molecule has 2 aromatic heterocycles. The van der Waals surface area contributed by atoms with Gasteiger partial charge in [-0.1, -0.05) is 18.5 Å². The minimum absolute atomic E-state index is 0.0393. The van der Waals surface area contributed by atoms with Gasteiger partial charge >= 0.3 is 0 Å². The molecular formula is C19H19ClFN3O. The van der Waals surface area contributed by atoms with Crippen molar-refractivity contribution in [1.29, 1.82) is 0 Å². The molecular weight excluding hydrogens is 341 g/mol. The number of carbonyl (C=O) groups is 1. The first-order valence-electron chi connectivity index (χ1n) is 8.26. The Kier molecular flexibility index (Phi) is 5.34. The van der Waals surface area contributed by atoms with Gasteiger partial charge in [-0.2, -0.15) is 0 Å². The van der Waals surface area contributed by atoms with Crippen LogP contribution < -0.4 is 5.32 Å². The van der Waals surface area contributed by atoms with Gasteiger partial charge in [-0.25, -0.2) is 9.37 Å². The number of pyridine rings is 1. The Morgan fingerprint density at radius 3 is 3.00 bits per heavy atom. The number of carbonyl (C=O) groups excluding carboxylic acids is 1. The van der Waals surface area contributed by atoms with Crippen molar-refractivity contribution < 1.29 is 9.18 Å². The third kappa shape index (κ3) is 3.82. The zero-order valence-electron chi connectivity index (χ0n) is 13.9. The molecule has 0 unspecified atom stereocenters. The fourth-order valence-corrected chi connectivity index (χ4v) is 3.06. The first-order chi connectivity index (χ1) is 12.1. The summed E-state index contributed by atoms with van der Waals surface area (Å²) in [6.07, 6.45) is 5.52. The van der Waals surface area contributed by atoms with E-state index in [1.807, 2.05) is 12.1 Å². The summed E-state index contributed by atoms with van der Waals surface area (Å²) in [7, 11) is 0. The van der Waals surface area contributed by atoms with E-state index in [4.69, 9.17) is 11.6 Å². The van der Waals surface area contributed by atoms with Crippen LogP contribution in [0.1, 0.15) is 29.3 Å². The van der Waals surface area contributed by atoms with Crippen molar-refractivity contribution in [3.8, 4) is 0 Å². The largest absolute Gasteiger partial charge is 0.352 e. The Bertz CT molecular complexity index is 907. The van der Waals surface area contributed by atoms with Crippen LogP contribution >= 0.6 is 11.6 Å². The molecule has 0 aliphatic rings. The zero-order valence-corrected chi connectivity index (χ0v) is 14.7. The Balaban J connectivity index is 1.71. The SMILES string of the molecule is CCCn1cc(CCNC(=O)c2cc(Cl)ccc2F)c2cccnc21. The van der Waals surface area contributed by atoms with Crippen molar-refractivity contribution in [2.24, 2.45) is 0 Å². The summed E-state index contributed by atoms with van der Waals surface area (Å²) in [6, 6.07) is 7.89. The number of nitrogens with zero attached hydrogens (tertiary/aromatic N) is 2. The first-order valence-corrected chi connectivity index (χ1v) is 8.64. The van der Waals surface area contributed by atoms with Crippen LogP contribution in [0.5, 0.6) is 0 Å². The minimum atomic E-state index is -0.578. The number of halogens is 2. The molecule has 0 atom stereocenters. The Morgan fingerprint density at radius 1 is 1.36 bits per heavy atom. The molecule has 0 saturated carbocycles. The second-order valence-electron chi connectivity index (χ2n) is 5.85.